The highest BCUT2D eigenvalue weighted by molar-refractivity contribution is 7.98. The van der Waals surface area contributed by atoms with E-state index < -0.39 is 0 Å². The Morgan fingerprint density at radius 3 is 2.23 bits per heavy atom. The molecular formula is C9H14N2OS. The fraction of sp³-hybridized carbons (Fsp3) is 0.444. The van der Waals surface area contributed by atoms with Gasteiger partial charge in [0, 0.05) is 12.7 Å². The zero-order valence-electron chi connectivity index (χ0n) is 8.34. The van der Waals surface area contributed by atoms with E-state index in [4.69, 9.17) is 5.73 Å². The fourth-order valence-corrected chi connectivity index (χ4v) is 2.42. The van der Waals surface area contributed by atoms with Gasteiger partial charge < -0.3 is 10.3 Å². The summed E-state index contributed by atoms with van der Waals surface area (Å²) in [5.74, 6) is -0.342. The van der Waals surface area contributed by atoms with Crippen molar-refractivity contribution >= 4 is 17.7 Å². The summed E-state index contributed by atoms with van der Waals surface area (Å²) in [6, 6.07) is 0. The zero-order chi connectivity index (χ0) is 10.2. The van der Waals surface area contributed by atoms with E-state index >= 15 is 0 Å². The van der Waals surface area contributed by atoms with E-state index in [1.54, 1.807) is 11.8 Å². The van der Waals surface area contributed by atoms with E-state index in [-0.39, 0.29) is 5.91 Å². The van der Waals surface area contributed by atoms with Crippen LogP contribution in [0.3, 0.4) is 0 Å². The molecule has 0 aromatic carbocycles. The van der Waals surface area contributed by atoms with Crippen LogP contribution in [0.5, 0.6) is 0 Å². The Balaban J connectivity index is 3.45. The summed E-state index contributed by atoms with van der Waals surface area (Å²) < 4.78 is 2.00. The van der Waals surface area contributed by atoms with Crippen molar-refractivity contribution in [2.24, 2.45) is 12.8 Å². The van der Waals surface area contributed by atoms with Gasteiger partial charge in [-0.2, -0.15) is 0 Å². The highest BCUT2D eigenvalue weighted by atomic mass is 32.2. The number of thioether (sulfide) groups is 1. The minimum atomic E-state index is -0.342. The van der Waals surface area contributed by atoms with Crippen molar-refractivity contribution in [1.82, 2.24) is 4.57 Å². The normalized spacial score (nSPS) is 10.5. The van der Waals surface area contributed by atoms with Crippen LogP contribution in [-0.4, -0.2) is 16.7 Å². The molecule has 0 spiro atoms. The van der Waals surface area contributed by atoms with Crippen molar-refractivity contribution in [2.45, 2.75) is 18.9 Å². The van der Waals surface area contributed by atoms with Gasteiger partial charge in [0.1, 0.15) is 0 Å². The number of hydrogen-bond acceptors (Lipinski definition) is 2. The summed E-state index contributed by atoms with van der Waals surface area (Å²) in [4.78, 5) is 11.1. The molecule has 0 atom stereocenters. The molecule has 0 saturated heterocycles. The SMILES string of the molecule is CSc1c(C)c(C(N)=O)c(C)n1C. The van der Waals surface area contributed by atoms with E-state index in [9.17, 15) is 4.79 Å². The molecule has 3 nitrogen and oxygen atoms in total. The molecule has 4 heteroatoms. The molecule has 0 unspecified atom stereocenters. The number of aromatic nitrogens is 1. The fourth-order valence-electron chi connectivity index (χ4n) is 1.60. The van der Waals surface area contributed by atoms with Crippen LogP contribution in [0.15, 0.2) is 5.03 Å². The first-order valence-corrected chi connectivity index (χ1v) is 5.22. The summed E-state index contributed by atoms with van der Waals surface area (Å²) in [5, 5.41) is 1.10. The quantitative estimate of drug-likeness (QED) is 0.731. The monoisotopic (exact) mass is 198 g/mol. The van der Waals surface area contributed by atoms with Crippen molar-refractivity contribution in [3.8, 4) is 0 Å². The summed E-state index contributed by atoms with van der Waals surface area (Å²) in [5.41, 5.74) is 7.88. The largest absolute Gasteiger partial charge is 0.366 e. The molecular weight excluding hydrogens is 184 g/mol. The van der Waals surface area contributed by atoms with Crippen molar-refractivity contribution in [1.29, 1.82) is 0 Å². The van der Waals surface area contributed by atoms with Gasteiger partial charge in [0.15, 0.2) is 0 Å². The Kier molecular flexibility index (Phi) is 2.71. The minimum absolute atomic E-state index is 0.342. The Hall–Kier alpha value is -0.900. The number of nitrogens with two attached hydrogens (primary N) is 1. The number of carbonyl (C=O) groups is 1. The van der Waals surface area contributed by atoms with Gasteiger partial charge >= 0.3 is 0 Å². The molecule has 1 aromatic heterocycles. The second kappa shape index (κ2) is 3.46. The predicted molar refractivity (Wildman–Crippen MR) is 55.2 cm³/mol. The molecule has 1 aromatic rings. The highest BCUT2D eigenvalue weighted by Crippen LogP contribution is 2.27. The summed E-state index contributed by atoms with van der Waals surface area (Å²) in [7, 11) is 1.95. The number of carbonyl (C=O) groups excluding carboxylic acids is 1. The average molecular weight is 198 g/mol. The third kappa shape index (κ3) is 1.46. The molecule has 0 aliphatic rings. The molecule has 0 saturated carbocycles. The van der Waals surface area contributed by atoms with Gasteiger partial charge in [-0.3, -0.25) is 4.79 Å². The Bertz CT molecular complexity index is 355. The highest BCUT2D eigenvalue weighted by Gasteiger charge is 2.17. The second-order valence-corrected chi connectivity index (χ2v) is 3.81. The smallest absolute Gasteiger partial charge is 0.250 e. The second-order valence-electron chi connectivity index (χ2n) is 3.02. The summed E-state index contributed by atoms with van der Waals surface area (Å²) >= 11 is 1.63. The van der Waals surface area contributed by atoms with Crippen LogP contribution >= 0.6 is 11.8 Å². The van der Waals surface area contributed by atoms with Gasteiger partial charge in [-0.15, -0.1) is 11.8 Å². The Labute approximate surface area is 82.3 Å². The van der Waals surface area contributed by atoms with Crippen molar-refractivity contribution in [3.05, 3.63) is 16.8 Å². The molecule has 0 aliphatic carbocycles. The van der Waals surface area contributed by atoms with Gasteiger partial charge in [0.05, 0.1) is 10.6 Å². The standard InChI is InChI=1S/C9H14N2OS/c1-5-7(8(10)12)6(2)11(3)9(5)13-4/h1-4H3,(H2,10,12). The van der Waals surface area contributed by atoms with E-state index in [2.05, 4.69) is 0 Å². The molecule has 1 rings (SSSR count). The lowest BCUT2D eigenvalue weighted by Gasteiger charge is -2.00. The van der Waals surface area contributed by atoms with Crippen molar-refractivity contribution in [2.75, 3.05) is 6.26 Å². The number of amides is 1. The summed E-state index contributed by atoms with van der Waals surface area (Å²) in [6.45, 7) is 3.84. The first kappa shape index (κ1) is 10.2. The van der Waals surface area contributed by atoms with Crippen LogP contribution in [0.1, 0.15) is 21.6 Å². The third-order valence-corrected chi connectivity index (χ3v) is 3.27. The van der Waals surface area contributed by atoms with Crippen LogP contribution in [0.2, 0.25) is 0 Å². The van der Waals surface area contributed by atoms with Gasteiger partial charge in [-0.05, 0) is 25.7 Å². The van der Waals surface area contributed by atoms with Crippen LogP contribution in [0.25, 0.3) is 0 Å². The van der Waals surface area contributed by atoms with Crippen LogP contribution < -0.4 is 5.73 Å². The maximum absolute atomic E-state index is 11.1. The molecule has 0 radical (unpaired) electrons. The van der Waals surface area contributed by atoms with E-state index in [1.165, 1.54) is 0 Å². The molecule has 0 bridgehead atoms. The molecule has 0 aliphatic heterocycles. The number of hydrogen-bond donors (Lipinski definition) is 1. The number of primary amides is 1. The number of rotatable bonds is 2. The Morgan fingerprint density at radius 2 is 2.00 bits per heavy atom. The molecule has 72 valence electrons. The average Bonchev–Trinajstić information content (AvgIpc) is 2.24. The third-order valence-electron chi connectivity index (χ3n) is 2.31. The first-order chi connectivity index (χ1) is 6.00. The lowest BCUT2D eigenvalue weighted by atomic mass is 10.1. The lowest BCUT2D eigenvalue weighted by molar-refractivity contribution is 0.0999. The van der Waals surface area contributed by atoms with Crippen molar-refractivity contribution < 1.29 is 4.79 Å². The van der Waals surface area contributed by atoms with Gasteiger partial charge in [0.25, 0.3) is 5.91 Å². The van der Waals surface area contributed by atoms with E-state index in [0.29, 0.717) is 5.56 Å². The van der Waals surface area contributed by atoms with E-state index in [1.807, 2.05) is 31.7 Å². The molecule has 2 N–H and O–H groups in total. The predicted octanol–water partition coefficient (Wildman–Crippen LogP) is 1.46. The van der Waals surface area contributed by atoms with Crippen LogP contribution in [0, 0.1) is 13.8 Å². The summed E-state index contributed by atoms with van der Waals surface area (Å²) in [6.07, 6.45) is 1.99. The molecule has 13 heavy (non-hydrogen) atoms. The lowest BCUT2D eigenvalue weighted by Crippen LogP contribution is -2.13. The first-order valence-electron chi connectivity index (χ1n) is 4.00. The Morgan fingerprint density at radius 1 is 1.46 bits per heavy atom. The molecule has 0 fully saturated rings. The molecule has 1 heterocycles. The maximum atomic E-state index is 11.1. The minimum Gasteiger partial charge on any atom is -0.366 e. The van der Waals surface area contributed by atoms with Gasteiger partial charge in [-0.25, -0.2) is 0 Å². The van der Waals surface area contributed by atoms with Crippen molar-refractivity contribution in [3.63, 3.8) is 0 Å². The molecule has 1 amide bonds. The zero-order valence-corrected chi connectivity index (χ0v) is 9.16. The van der Waals surface area contributed by atoms with Gasteiger partial charge in [-0.1, -0.05) is 0 Å². The van der Waals surface area contributed by atoms with Crippen LogP contribution in [0.4, 0.5) is 0 Å². The van der Waals surface area contributed by atoms with Gasteiger partial charge in [0.2, 0.25) is 0 Å². The topological polar surface area (TPSA) is 48.0 Å². The number of nitrogens with zero attached hydrogens (tertiary/aromatic N) is 1. The van der Waals surface area contributed by atoms with E-state index in [0.717, 1.165) is 16.3 Å². The van der Waals surface area contributed by atoms with Crippen LogP contribution in [-0.2, 0) is 7.05 Å². The maximum Gasteiger partial charge on any atom is 0.250 e.